The van der Waals surface area contributed by atoms with Crippen molar-refractivity contribution in [3.63, 3.8) is 0 Å². The standard InChI is InChI=1S/C22H29N3O3S/c1-4-24(20-9-6-5-7-10-20)14-8-13-23-22(26)18-11-12-21-19(16-18)15-17(2)25(21)29(3,27)28/h5-7,9-12,16-17H,4,8,13-15H2,1-3H3,(H,23,26). The minimum atomic E-state index is -3.32. The monoisotopic (exact) mass is 415 g/mol. The first-order valence-corrected chi connectivity index (χ1v) is 11.9. The highest BCUT2D eigenvalue weighted by atomic mass is 32.2. The lowest BCUT2D eigenvalue weighted by atomic mass is 10.1. The maximum absolute atomic E-state index is 12.5. The van der Waals surface area contributed by atoms with Crippen molar-refractivity contribution in [1.29, 1.82) is 0 Å². The van der Waals surface area contributed by atoms with E-state index in [0.29, 0.717) is 24.2 Å². The van der Waals surface area contributed by atoms with E-state index in [0.717, 1.165) is 25.1 Å². The number of rotatable bonds is 8. The van der Waals surface area contributed by atoms with Crippen LogP contribution in [0.4, 0.5) is 11.4 Å². The number of para-hydroxylation sites is 1. The third-order valence-electron chi connectivity index (χ3n) is 5.25. The third-order valence-corrected chi connectivity index (χ3v) is 6.52. The Labute approximate surface area is 173 Å². The minimum absolute atomic E-state index is 0.124. The number of nitrogens with one attached hydrogen (secondary N) is 1. The number of fused-ring (bicyclic) bond motifs is 1. The third kappa shape index (κ3) is 4.90. The smallest absolute Gasteiger partial charge is 0.251 e. The maximum Gasteiger partial charge on any atom is 0.251 e. The van der Waals surface area contributed by atoms with Crippen LogP contribution in [0.25, 0.3) is 0 Å². The normalized spacial score (nSPS) is 15.8. The van der Waals surface area contributed by atoms with Crippen molar-refractivity contribution >= 4 is 27.3 Å². The number of sulfonamides is 1. The molecule has 0 aromatic heterocycles. The van der Waals surface area contributed by atoms with Gasteiger partial charge in [-0.15, -0.1) is 0 Å². The summed E-state index contributed by atoms with van der Waals surface area (Å²) in [6.07, 6.45) is 2.68. The molecule has 1 aliphatic heterocycles. The zero-order valence-corrected chi connectivity index (χ0v) is 18.1. The van der Waals surface area contributed by atoms with Crippen LogP contribution in [0.2, 0.25) is 0 Å². The molecule has 1 N–H and O–H groups in total. The van der Waals surface area contributed by atoms with Crippen molar-refractivity contribution in [3.05, 3.63) is 59.7 Å². The highest BCUT2D eigenvalue weighted by Crippen LogP contribution is 2.34. The molecule has 0 bridgehead atoms. The molecule has 2 aromatic rings. The van der Waals surface area contributed by atoms with E-state index in [2.05, 4.69) is 29.3 Å². The van der Waals surface area contributed by atoms with E-state index in [1.807, 2.05) is 31.2 Å². The Morgan fingerprint density at radius 2 is 1.93 bits per heavy atom. The van der Waals surface area contributed by atoms with Gasteiger partial charge in [-0.1, -0.05) is 18.2 Å². The number of carbonyl (C=O) groups excluding carboxylic acids is 1. The predicted molar refractivity (Wildman–Crippen MR) is 118 cm³/mol. The van der Waals surface area contributed by atoms with E-state index in [9.17, 15) is 13.2 Å². The van der Waals surface area contributed by atoms with Gasteiger partial charge in [-0.25, -0.2) is 8.42 Å². The predicted octanol–water partition coefficient (Wildman–Crippen LogP) is 3.04. The van der Waals surface area contributed by atoms with Crippen LogP contribution in [0.1, 0.15) is 36.2 Å². The van der Waals surface area contributed by atoms with E-state index in [-0.39, 0.29) is 11.9 Å². The topological polar surface area (TPSA) is 69.7 Å². The molecule has 7 heteroatoms. The first kappa shape index (κ1) is 21.2. The number of hydrogen-bond acceptors (Lipinski definition) is 4. The molecule has 156 valence electrons. The van der Waals surface area contributed by atoms with Gasteiger partial charge in [0.15, 0.2) is 0 Å². The number of anilines is 2. The molecule has 1 heterocycles. The molecule has 6 nitrogen and oxygen atoms in total. The summed E-state index contributed by atoms with van der Waals surface area (Å²) in [5, 5.41) is 2.98. The number of amides is 1. The van der Waals surface area contributed by atoms with Gasteiger partial charge in [-0.3, -0.25) is 9.10 Å². The molecule has 1 atom stereocenters. The fraction of sp³-hybridized carbons (Fsp3) is 0.409. The first-order valence-electron chi connectivity index (χ1n) is 10.0. The largest absolute Gasteiger partial charge is 0.372 e. The van der Waals surface area contributed by atoms with E-state index >= 15 is 0 Å². The fourth-order valence-electron chi connectivity index (χ4n) is 3.93. The lowest BCUT2D eigenvalue weighted by Gasteiger charge is -2.23. The summed E-state index contributed by atoms with van der Waals surface area (Å²) in [5.74, 6) is -0.124. The Morgan fingerprint density at radius 1 is 1.21 bits per heavy atom. The Bertz CT molecular complexity index is 961. The molecule has 1 amide bonds. The molecule has 0 spiro atoms. The van der Waals surface area contributed by atoms with Crippen LogP contribution >= 0.6 is 0 Å². The Kier molecular flexibility index (Phi) is 6.47. The van der Waals surface area contributed by atoms with Gasteiger partial charge < -0.3 is 10.2 Å². The van der Waals surface area contributed by atoms with Crippen LogP contribution < -0.4 is 14.5 Å². The summed E-state index contributed by atoms with van der Waals surface area (Å²) in [6, 6.07) is 15.4. The lowest BCUT2D eigenvalue weighted by molar-refractivity contribution is 0.0953. The summed E-state index contributed by atoms with van der Waals surface area (Å²) in [6.45, 7) is 6.37. The van der Waals surface area contributed by atoms with Crippen LogP contribution in [0.5, 0.6) is 0 Å². The molecule has 29 heavy (non-hydrogen) atoms. The zero-order valence-electron chi connectivity index (χ0n) is 17.3. The zero-order chi connectivity index (χ0) is 21.0. The van der Waals surface area contributed by atoms with Crippen LogP contribution in [-0.4, -0.2) is 46.3 Å². The molecular weight excluding hydrogens is 386 g/mol. The number of hydrogen-bond donors (Lipinski definition) is 1. The highest BCUT2D eigenvalue weighted by molar-refractivity contribution is 7.92. The van der Waals surface area contributed by atoms with Crippen molar-refractivity contribution in [3.8, 4) is 0 Å². The van der Waals surface area contributed by atoms with E-state index in [1.165, 1.54) is 16.2 Å². The van der Waals surface area contributed by atoms with Crippen molar-refractivity contribution in [2.75, 3.05) is 35.1 Å². The minimum Gasteiger partial charge on any atom is -0.372 e. The number of carbonyl (C=O) groups is 1. The second-order valence-corrected chi connectivity index (χ2v) is 9.34. The maximum atomic E-state index is 12.5. The summed E-state index contributed by atoms with van der Waals surface area (Å²) >= 11 is 0. The summed E-state index contributed by atoms with van der Waals surface area (Å²) in [7, 11) is -3.32. The van der Waals surface area contributed by atoms with Gasteiger partial charge in [-0.05, 0) is 62.6 Å². The first-order chi connectivity index (χ1) is 13.8. The Hall–Kier alpha value is -2.54. The molecular formula is C22H29N3O3S. The number of benzene rings is 2. The van der Waals surface area contributed by atoms with E-state index < -0.39 is 10.0 Å². The molecule has 1 unspecified atom stereocenters. The lowest BCUT2D eigenvalue weighted by Crippen LogP contribution is -2.34. The molecule has 1 aliphatic rings. The Balaban J connectivity index is 1.56. The highest BCUT2D eigenvalue weighted by Gasteiger charge is 2.32. The van der Waals surface area contributed by atoms with Gasteiger partial charge in [0.2, 0.25) is 10.0 Å². The van der Waals surface area contributed by atoms with E-state index in [1.54, 1.807) is 12.1 Å². The van der Waals surface area contributed by atoms with E-state index in [4.69, 9.17) is 0 Å². The molecule has 0 saturated heterocycles. The molecule has 0 aliphatic carbocycles. The van der Waals surface area contributed by atoms with Crippen molar-refractivity contribution in [2.24, 2.45) is 0 Å². The van der Waals surface area contributed by atoms with Crippen molar-refractivity contribution in [2.45, 2.75) is 32.7 Å². The van der Waals surface area contributed by atoms with Crippen LogP contribution in [0.3, 0.4) is 0 Å². The average Bonchev–Trinajstić information content (AvgIpc) is 3.03. The number of nitrogens with zero attached hydrogens (tertiary/aromatic N) is 2. The van der Waals surface area contributed by atoms with Gasteiger partial charge in [0.1, 0.15) is 0 Å². The summed E-state index contributed by atoms with van der Waals surface area (Å²) in [5.41, 5.74) is 3.33. The van der Waals surface area contributed by atoms with Gasteiger partial charge in [0, 0.05) is 36.9 Å². The second kappa shape index (κ2) is 8.86. The second-order valence-electron chi connectivity index (χ2n) is 7.48. The Morgan fingerprint density at radius 3 is 2.59 bits per heavy atom. The van der Waals surface area contributed by atoms with Gasteiger partial charge in [-0.2, -0.15) is 0 Å². The summed E-state index contributed by atoms with van der Waals surface area (Å²) < 4.78 is 25.5. The van der Waals surface area contributed by atoms with Crippen molar-refractivity contribution < 1.29 is 13.2 Å². The summed E-state index contributed by atoms with van der Waals surface area (Å²) in [4.78, 5) is 14.8. The fourth-order valence-corrected chi connectivity index (χ4v) is 5.20. The van der Waals surface area contributed by atoms with Gasteiger partial charge >= 0.3 is 0 Å². The van der Waals surface area contributed by atoms with Crippen molar-refractivity contribution in [1.82, 2.24) is 5.32 Å². The molecule has 0 saturated carbocycles. The van der Waals surface area contributed by atoms with Crippen LogP contribution in [-0.2, 0) is 16.4 Å². The molecule has 0 fully saturated rings. The average molecular weight is 416 g/mol. The van der Waals surface area contributed by atoms with Gasteiger partial charge in [0.25, 0.3) is 5.91 Å². The molecule has 2 aromatic carbocycles. The molecule has 3 rings (SSSR count). The SMILES string of the molecule is CCN(CCCNC(=O)c1ccc2c(c1)CC(C)N2S(C)(=O)=O)c1ccccc1. The van der Waals surface area contributed by atoms with Crippen LogP contribution in [0, 0.1) is 0 Å². The molecule has 0 radical (unpaired) electrons. The quantitative estimate of drug-likeness (QED) is 0.673. The van der Waals surface area contributed by atoms with Crippen LogP contribution in [0.15, 0.2) is 48.5 Å². The van der Waals surface area contributed by atoms with Gasteiger partial charge in [0.05, 0.1) is 11.9 Å².